The topological polar surface area (TPSA) is 96.9 Å². The van der Waals surface area contributed by atoms with Crippen LogP contribution in [-0.2, 0) is 20.9 Å². The van der Waals surface area contributed by atoms with E-state index in [9.17, 15) is 14.7 Å². The van der Waals surface area contributed by atoms with Crippen molar-refractivity contribution in [1.82, 2.24) is 10.6 Å². The molecule has 170 valence electrons. The van der Waals surface area contributed by atoms with Gasteiger partial charge in [-0.25, -0.2) is 4.79 Å². The van der Waals surface area contributed by atoms with Crippen LogP contribution in [0.15, 0.2) is 78.9 Å². The van der Waals surface area contributed by atoms with Crippen molar-refractivity contribution in [3.8, 4) is 11.1 Å². The van der Waals surface area contributed by atoms with Crippen LogP contribution >= 0.6 is 0 Å². The van der Waals surface area contributed by atoms with Crippen LogP contribution in [0.25, 0.3) is 11.1 Å². The van der Waals surface area contributed by atoms with Crippen molar-refractivity contribution in [2.75, 3.05) is 19.9 Å². The quantitative estimate of drug-likeness (QED) is 0.324. The minimum Gasteiger partial charge on any atom is -0.480 e. The highest BCUT2D eigenvalue weighted by Gasteiger charge is 2.29. The zero-order chi connectivity index (χ0) is 23.0. The first kappa shape index (κ1) is 22.5. The minimum atomic E-state index is -1.09. The van der Waals surface area contributed by atoms with Gasteiger partial charge in [0.15, 0.2) is 0 Å². The fourth-order valence-corrected chi connectivity index (χ4v) is 3.98. The Morgan fingerprint density at radius 1 is 0.879 bits per heavy atom. The molecule has 0 bridgehead atoms. The monoisotopic (exact) mass is 446 g/mol. The lowest BCUT2D eigenvalue weighted by molar-refractivity contribution is -0.139. The zero-order valence-electron chi connectivity index (χ0n) is 18.1. The molecular formula is C26H26N2O5. The number of hydrogen-bond donors (Lipinski definition) is 3. The number of alkyl carbamates (subject to hydrolysis) is 1. The summed E-state index contributed by atoms with van der Waals surface area (Å²) in [6.07, 6.45) is -0.657. The van der Waals surface area contributed by atoms with Crippen molar-refractivity contribution in [1.29, 1.82) is 0 Å². The Hall–Kier alpha value is -3.68. The third-order valence-electron chi connectivity index (χ3n) is 5.64. The van der Waals surface area contributed by atoms with Crippen LogP contribution in [0.3, 0.4) is 0 Å². The molecule has 7 heteroatoms. The van der Waals surface area contributed by atoms with E-state index in [0.717, 1.165) is 27.8 Å². The molecule has 0 heterocycles. The summed E-state index contributed by atoms with van der Waals surface area (Å²) < 4.78 is 10.9. The predicted octanol–water partition coefficient (Wildman–Crippen LogP) is 3.74. The van der Waals surface area contributed by atoms with E-state index in [0.29, 0.717) is 6.61 Å². The van der Waals surface area contributed by atoms with Crippen molar-refractivity contribution in [2.24, 2.45) is 0 Å². The van der Waals surface area contributed by atoms with Crippen molar-refractivity contribution in [3.05, 3.63) is 95.6 Å². The maximum atomic E-state index is 12.3. The summed E-state index contributed by atoms with van der Waals surface area (Å²) in [6.45, 7) is 0.449. The minimum absolute atomic E-state index is 0.0399. The van der Waals surface area contributed by atoms with E-state index in [-0.39, 0.29) is 25.8 Å². The molecule has 4 rings (SSSR count). The molecule has 3 aromatic rings. The average Bonchev–Trinajstić information content (AvgIpc) is 3.16. The van der Waals surface area contributed by atoms with Crippen LogP contribution in [0.1, 0.15) is 22.6 Å². The molecule has 0 saturated carbocycles. The van der Waals surface area contributed by atoms with Gasteiger partial charge in [-0.3, -0.25) is 10.1 Å². The highest BCUT2D eigenvalue weighted by molar-refractivity contribution is 5.79. The molecule has 0 radical (unpaired) electrons. The van der Waals surface area contributed by atoms with Crippen LogP contribution < -0.4 is 10.6 Å². The Morgan fingerprint density at radius 2 is 1.48 bits per heavy atom. The van der Waals surface area contributed by atoms with Gasteiger partial charge in [-0.2, -0.15) is 0 Å². The van der Waals surface area contributed by atoms with Crippen LogP contribution in [-0.4, -0.2) is 43.1 Å². The summed E-state index contributed by atoms with van der Waals surface area (Å²) in [7, 11) is 0. The van der Waals surface area contributed by atoms with Crippen molar-refractivity contribution >= 4 is 12.1 Å². The lowest BCUT2D eigenvalue weighted by Crippen LogP contribution is -2.47. The van der Waals surface area contributed by atoms with E-state index >= 15 is 0 Å². The normalized spacial score (nSPS) is 13.1. The highest BCUT2D eigenvalue weighted by atomic mass is 16.5. The maximum Gasteiger partial charge on any atom is 0.407 e. The molecule has 1 aliphatic carbocycles. The molecule has 0 saturated heterocycles. The smallest absolute Gasteiger partial charge is 0.407 e. The van der Waals surface area contributed by atoms with Gasteiger partial charge in [0.05, 0.1) is 13.3 Å². The lowest BCUT2D eigenvalue weighted by Gasteiger charge is -2.17. The summed E-state index contributed by atoms with van der Waals surface area (Å²) in [5.74, 6) is -1.14. The van der Waals surface area contributed by atoms with Crippen molar-refractivity contribution in [2.45, 2.75) is 18.6 Å². The van der Waals surface area contributed by atoms with Crippen LogP contribution in [0.2, 0.25) is 0 Å². The number of rotatable bonds is 10. The Labute approximate surface area is 192 Å². The summed E-state index contributed by atoms with van der Waals surface area (Å²) in [5.41, 5.74) is 5.52. The molecule has 1 aliphatic rings. The first-order valence-electron chi connectivity index (χ1n) is 10.8. The molecule has 0 unspecified atom stereocenters. The van der Waals surface area contributed by atoms with Crippen molar-refractivity contribution in [3.63, 3.8) is 0 Å². The molecule has 0 aromatic heterocycles. The van der Waals surface area contributed by atoms with E-state index in [2.05, 4.69) is 22.8 Å². The Morgan fingerprint density at radius 3 is 2.12 bits per heavy atom. The fourth-order valence-electron chi connectivity index (χ4n) is 3.98. The molecule has 0 fully saturated rings. The number of carbonyl (C=O) groups is 2. The van der Waals surface area contributed by atoms with Crippen LogP contribution in [0.4, 0.5) is 4.79 Å². The van der Waals surface area contributed by atoms with Gasteiger partial charge in [-0.1, -0.05) is 78.9 Å². The molecule has 3 N–H and O–H groups in total. The summed E-state index contributed by atoms with van der Waals surface area (Å²) in [5, 5.41) is 14.7. The average molecular weight is 447 g/mol. The van der Waals surface area contributed by atoms with Crippen LogP contribution in [0, 0.1) is 0 Å². The van der Waals surface area contributed by atoms with E-state index in [1.807, 2.05) is 66.7 Å². The second kappa shape index (κ2) is 10.8. The number of aliphatic carboxylic acids is 1. The highest BCUT2D eigenvalue weighted by Crippen LogP contribution is 2.44. The molecule has 1 atom stereocenters. The number of amides is 1. The standard InChI is InChI=1S/C26H26N2O5/c29-25(30)24(28-17-32-15-18-8-2-1-3-9-18)14-27-26(31)33-16-23-21-12-6-4-10-19(21)20-11-5-7-13-22(20)23/h1-13,23-24,28H,14-17H2,(H,27,31)(H,29,30)/t24-/m0/s1. The zero-order valence-corrected chi connectivity index (χ0v) is 18.1. The first-order chi connectivity index (χ1) is 16.1. The Kier molecular flexibility index (Phi) is 7.34. The molecule has 0 spiro atoms. The summed E-state index contributed by atoms with van der Waals surface area (Å²) >= 11 is 0. The van der Waals surface area contributed by atoms with Crippen LogP contribution in [0.5, 0.6) is 0 Å². The Balaban J connectivity index is 1.25. The second-order valence-electron chi connectivity index (χ2n) is 7.78. The first-order valence-corrected chi connectivity index (χ1v) is 10.8. The predicted molar refractivity (Wildman–Crippen MR) is 124 cm³/mol. The number of carboxylic acids is 1. The second-order valence-corrected chi connectivity index (χ2v) is 7.78. The number of fused-ring (bicyclic) bond motifs is 3. The fraction of sp³-hybridized carbons (Fsp3) is 0.231. The molecule has 7 nitrogen and oxygen atoms in total. The SMILES string of the molecule is O=C(NC[C@H](NCOCc1ccccc1)C(=O)O)OCC1c2ccccc2-c2ccccc21. The molecule has 3 aromatic carbocycles. The van der Waals surface area contributed by atoms with Gasteiger partial charge in [0.25, 0.3) is 0 Å². The molecular weight excluding hydrogens is 420 g/mol. The largest absolute Gasteiger partial charge is 0.480 e. The number of benzene rings is 3. The number of carboxylic acid groups (broad SMARTS) is 1. The molecule has 33 heavy (non-hydrogen) atoms. The lowest BCUT2D eigenvalue weighted by atomic mass is 9.98. The number of hydrogen-bond acceptors (Lipinski definition) is 5. The van der Waals surface area contributed by atoms with E-state index in [4.69, 9.17) is 9.47 Å². The number of ether oxygens (including phenoxy) is 2. The third kappa shape index (κ3) is 5.58. The summed E-state index contributed by atoms with van der Waals surface area (Å²) in [4.78, 5) is 23.8. The summed E-state index contributed by atoms with van der Waals surface area (Å²) in [6, 6.07) is 24.7. The number of carbonyl (C=O) groups excluding carboxylic acids is 1. The third-order valence-corrected chi connectivity index (χ3v) is 5.64. The van der Waals surface area contributed by atoms with Crippen molar-refractivity contribution < 1.29 is 24.2 Å². The van der Waals surface area contributed by atoms with Gasteiger partial charge in [-0.05, 0) is 27.8 Å². The van der Waals surface area contributed by atoms with Gasteiger partial charge in [0, 0.05) is 12.5 Å². The van der Waals surface area contributed by atoms with E-state index in [1.54, 1.807) is 0 Å². The van der Waals surface area contributed by atoms with E-state index < -0.39 is 18.1 Å². The van der Waals surface area contributed by atoms with Gasteiger partial charge >= 0.3 is 12.1 Å². The van der Waals surface area contributed by atoms with Gasteiger partial charge in [0.1, 0.15) is 12.6 Å². The van der Waals surface area contributed by atoms with Gasteiger partial charge in [0.2, 0.25) is 0 Å². The Bertz CT molecular complexity index is 1060. The van der Waals surface area contributed by atoms with E-state index in [1.165, 1.54) is 0 Å². The molecule has 1 amide bonds. The maximum absolute atomic E-state index is 12.3. The van der Waals surface area contributed by atoms with Gasteiger partial charge < -0.3 is 19.9 Å². The number of nitrogens with one attached hydrogen (secondary N) is 2. The molecule has 0 aliphatic heterocycles. The van der Waals surface area contributed by atoms with Gasteiger partial charge in [-0.15, -0.1) is 0 Å².